The van der Waals surface area contributed by atoms with Crippen molar-refractivity contribution in [2.75, 3.05) is 19.8 Å². The molecule has 1 aliphatic rings. The van der Waals surface area contributed by atoms with E-state index < -0.39 is 0 Å². The van der Waals surface area contributed by atoms with Crippen molar-refractivity contribution < 1.29 is 4.74 Å². The maximum absolute atomic E-state index is 5.68. The summed E-state index contributed by atoms with van der Waals surface area (Å²) in [7, 11) is 0. The molecule has 1 fully saturated rings. The molecule has 0 radical (unpaired) electrons. The number of hydrogen-bond donors (Lipinski definition) is 0. The summed E-state index contributed by atoms with van der Waals surface area (Å²) in [6.45, 7) is 7.29. The first kappa shape index (κ1) is 16.0. The highest BCUT2D eigenvalue weighted by atomic mass is 16.5. The lowest BCUT2D eigenvalue weighted by Crippen LogP contribution is -2.45. The number of ether oxygens (including phenoxy) is 1. The van der Waals surface area contributed by atoms with Gasteiger partial charge in [0.1, 0.15) is 5.82 Å². The maximum atomic E-state index is 5.68. The van der Waals surface area contributed by atoms with E-state index in [4.69, 9.17) is 4.74 Å². The van der Waals surface area contributed by atoms with E-state index in [0.717, 1.165) is 61.9 Å². The highest BCUT2D eigenvalue weighted by molar-refractivity contribution is 5.09. The second kappa shape index (κ2) is 7.57. The van der Waals surface area contributed by atoms with Gasteiger partial charge in [-0.1, -0.05) is 0 Å². The molecule has 23 heavy (non-hydrogen) atoms. The summed E-state index contributed by atoms with van der Waals surface area (Å²) < 4.78 is 5.68. The molecule has 1 aliphatic heterocycles. The minimum Gasteiger partial charge on any atom is -0.378 e. The van der Waals surface area contributed by atoms with Crippen LogP contribution in [0, 0.1) is 13.8 Å². The Hall–Kier alpha value is -1.92. The monoisotopic (exact) mass is 313 g/mol. The van der Waals surface area contributed by atoms with Gasteiger partial charge in [0.25, 0.3) is 0 Å². The SMILES string of the molecule is Cc1ncc(CN2CCOC[C@H]2CCc2nccnc2C)cn1. The largest absolute Gasteiger partial charge is 0.378 e. The molecule has 0 aromatic carbocycles. The Kier molecular flexibility index (Phi) is 5.25. The zero-order valence-corrected chi connectivity index (χ0v) is 13.8. The lowest BCUT2D eigenvalue weighted by molar-refractivity contribution is -0.0145. The van der Waals surface area contributed by atoms with Crippen LogP contribution in [-0.4, -0.2) is 50.6 Å². The van der Waals surface area contributed by atoms with Crippen LogP contribution in [0.5, 0.6) is 0 Å². The lowest BCUT2D eigenvalue weighted by atomic mass is 10.1. The Morgan fingerprint density at radius 1 is 1.13 bits per heavy atom. The van der Waals surface area contributed by atoms with Crippen LogP contribution in [0.2, 0.25) is 0 Å². The van der Waals surface area contributed by atoms with E-state index in [2.05, 4.69) is 24.8 Å². The lowest BCUT2D eigenvalue weighted by Gasteiger charge is -2.35. The molecule has 3 heterocycles. The number of morpholine rings is 1. The molecule has 0 saturated carbocycles. The normalized spacial score (nSPS) is 19.0. The molecule has 6 heteroatoms. The van der Waals surface area contributed by atoms with Crippen LogP contribution in [0.3, 0.4) is 0 Å². The van der Waals surface area contributed by atoms with Crippen molar-refractivity contribution in [2.45, 2.75) is 39.3 Å². The first-order valence-electron chi connectivity index (χ1n) is 8.08. The van der Waals surface area contributed by atoms with Gasteiger partial charge in [0.15, 0.2) is 0 Å². The summed E-state index contributed by atoms with van der Waals surface area (Å²) in [5, 5.41) is 0. The van der Waals surface area contributed by atoms with Crippen LogP contribution in [0.25, 0.3) is 0 Å². The minimum absolute atomic E-state index is 0.395. The molecule has 6 nitrogen and oxygen atoms in total. The molecule has 0 amide bonds. The predicted molar refractivity (Wildman–Crippen MR) is 86.9 cm³/mol. The fourth-order valence-electron chi connectivity index (χ4n) is 2.88. The topological polar surface area (TPSA) is 64.0 Å². The third-order valence-electron chi connectivity index (χ3n) is 4.27. The second-order valence-electron chi connectivity index (χ2n) is 5.96. The molecule has 2 aromatic rings. The number of aryl methyl sites for hydroxylation is 3. The highest BCUT2D eigenvalue weighted by Crippen LogP contribution is 2.16. The van der Waals surface area contributed by atoms with Crippen LogP contribution < -0.4 is 0 Å². The summed E-state index contributed by atoms with van der Waals surface area (Å²) in [6, 6.07) is 0.395. The van der Waals surface area contributed by atoms with Crippen molar-refractivity contribution >= 4 is 0 Å². The highest BCUT2D eigenvalue weighted by Gasteiger charge is 2.23. The maximum Gasteiger partial charge on any atom is 0.125 e. The van der Waals surface area contributed by atoms with Gasteiger partial charge in [-0.2, -0.15) is 0 Å². The Morgan fingerprint density at radius 2 is 1.91 bits per heavy atom. The first-order valence-corrected chi connectivity index (χ1v) is 8.08. The van der Waals surface area contributed by atoms with E-state index >= 15 is 0 Å². The van der Waals surface area contributed by atoms with Crippen LogP contribution in [0.15, 0.2) is 24.8 Å². The summed E-state index contributed by atoms with van der Waals surface area (Å²) >= 11 is 0. The molecular formula is C17H23N5O. The van der Waals surface area contributed by atoms with Crippen molar-refractivity contribution in [3.05, 3.63) is 47.6 Å². The second-order valence-corrected chi connectivity index (χ2v) is 5.96. The van der Waals surface area contributed by atoms with Crippen molar-refractivity contribution in [3.8, 4) is 0 Å². The van der Waals surface area contributed by atoms with E-state index in [1.807, 2.05) is 26.2 Å². The van der Waals surface area contributed by atoms with E-state index in [1.165, 1.54) is 0 Å². The molecular weight excluding hydrogens is 290 g/mol. The van der Waals surface area contributed by atoms with Gasteiger partial charge >= 0.3 is 0 Å². The van der Waals surface area contributed by atoms with Gasteiger partial charge in [-0.05, 0) is 26.7 Å². The van der Waals surface area contributed by atoms with Crippen LogP contribution in [0.4, 0.5) is 0 Å². The van der Waals surface area contributed by atoms with Crippen molar-refractivity contribution in [3.63, 3.8) is 0 Å². The Morgan fingerprint density at radius 3 is 2.70 bits per heavy atom. The van der Waals surface area contributed by atoms with Crippen molar-refractivity contribution in [1.82, 2.24) is 24.8 Å². The molecule has 0 spiro atoms. The van der Waals surface area contributed by atoms with Crippen LogP contribution >= 0.6 is 0 Å². The fraction of sp³-hybridized carbons (Fsp3) is 0.529. The Labute approximate surface area is 137 Å². The minimum atomic E-state index is 0.395. The Bertz CT molecular complexity index is 631. The van der Waals surface area contributed by atoms with E-state index in [-0.39, 0.29) is 0 Å². The van der Waals surface area contributed by atoms with E-state index in [1.54, 1.807) is 12.4 Å². The quantitative estimate of drug-likeness (QED) is 0.837. The first-order chi connectivity index (χ1) is 11.2. The summed E-state index contributed by atoms with van der Waals surface area (Å²) in [5.41, 5.74) is 3.25. The van der Waals surface area contributed by atoms with Gasteiger partial charge in [-0.3, -0.25) is 14.9 Å². The third-order valence-corrected chi connectivity index (χ3v) is 4.27. The van der Waals surface area contributed by atoms with Crippen LogP contribution in [0.1, 0.15) is 29.2 Å². The van der Waals surface area contributed by atoms with Gasteiger partial charge in [0.2, 0.25) is 0 Å². The summed E-state index contributed by atoms with van der Waals surface area (Å²) in [5.74, 6) is 0.811. The van der Waals surface area contributed by atoms with Crippen molar-refractivity contribution in [1.29, 1.82) is 0 Å². The molecule has 1 atom stereocenters. The average Bonchev–Trinajstić information content (AvgIpc) is 2.57. The van der Waals surface area contributed by atoms with E-state index in [0.29, 0.717) is 6.04 Å². The third kappa shape index (κ3) is 4.30. The molecule has 0 aliphatic carbocycles. The van der Waals surface area contributed by atoms with Gasteiger partial charge in [-0.25, -0.2) is 9.97 Å². The molecule has 3 rings (SSSR count). The number of rotatable bonds is 5. The predicted octanol–water partition coefficient (Wildman–Crippen LogP) is 1.72. The molecule has 0 unspecified atom stereocenters. The number of hydrogen-bond acceptors (Lipinski definition) is 6. The van der Waals surface area contributed by atoms with Crippen LogP contribution in [-0.2, 0) is 17.7 Å². The Balaban J connectivity index is 1.62. The zero-order chi connectivity index (χ0) is 16.1. The van der Waals surface area contributed by atoms with Gasteiger partial charge in [0.05, 0.1) is 24.6 Å². The zero-order valence-electron chi connectivity index (χ0n) is 13.8. The number of aromatic nitrogens is 4. The number of nitrogens with zero attached hydrogens (tertiary/aromatic N) is 5. The van der Waals surface area contributed by atoms with Gasteiger partial charge in [0, 0.05) is 49.5 Å². The molecule has 0 bridgehead atoms. The standard InChI is InChI=1S/C17H23N5O/c1-13-17(19-6-5-18-13)4-3-16-12-23-8-7-22(16)11-15-9-20-14(2)21-10-15/h5-6,9-10,16H,3-4,7-8,11-12H2,1-2H3/t16-/m1/s1. The smallest absolute Gasteiger partial charge is 0.125 e. The summed E-state index contributed by atoms with van der Waals surface area (Å²) in [6.07, 6.45) is 9.29. The molecule has 122 valence electrons. The average molecular weight is 313 g/mol. The van der Waals surface area contributed by atoms with E-state index in [9.17, 15) is 0 Å². The van der Waals surface area contributed by atoms with Gasteiger partial charge in [-0.15, -0.1) is 0 Å². The van der Waals surface area contributed by atoms with Crippen molar-refractivity contribution in [2.24, 2.45) is 0 Å². The summed E-state index contributed by atoms with van der Waals surface area (Å²) in [4.78, 5) is 19.8. The molecule has 0 N–H and O–H groups in total. The van der Waals surface area contributed by atoms with Gasteiger partial charge < -0.3 is 4.74 Å². The fourth-order valence-corrected chi connectivity index (χ4v) is 2.88. The molecule has 2 aromatic heterocycles. The molecule has 1 saturated heterocycles.